The average molecular weight is 316 g/mol. The van der Waals surface area contributed by atoms with E-state index in [1.165, 1.54) is 12.1 Å². The van der Waals surface area contributed by atoms with Crippen LogP contribution in [0, 0.1) is 5.82 Å². The van der Waals surface area contributed by atoms with E-state index in [0.717, 1.165) is 0 Å². The van der Waals surface area contributed by atoms with Crippen LogP contribution in [0.15, 0.2) is 42.5 Å². The summed E-state index contributed by atoms with van der Waals surface area (Å²) < 4.78 is 13.6. The summed E-state index contributed by atoms with van der Waals surface area (Å²) >= 11 is 6.21. The fourth-order valence-electron chi connectivity index (χ4n) is 2.33. The molecule has 0 aliphatic rings. The first-order chi connectivity index (χ1) is 10.4. The summed E-state index contributed by atoms with van der Waals surface area (Å²) in [5.41, 5.74) is 8.54. The minimum atomic E-state index is -0.717. The molecule has 5 heteroatoms. The van der Waals surface area contributed by atoms with E-state index in [1.807, 2.05) is 26.0 Å². The average Bonchev–Trinajstić information content (AvgIpc) is 2.45. The largest absolute Gasteiger partial charge is 0.321 e. The molecule has 3 rings (SSSR count). The lowest BCUT2D eigenvalue weighted by Crippen LogP contribution is -2.31. The maximum atomic E-state index is 13.6. The molecule has 0 radical (unpaired) electrons. The molecule has 0 spiro atoms. The minimum Gasteiger partial charge on any atom is -0.321 e. The maximum Gasteiger partial charge on any atom is 0.123 e. The van der Waals surface area contributed by atoms with Crippen LogP contribution in [-0.2, 0) is 5.54 Å². The minimum absolute atomic E-state index is 0.334. The molecule has 2 aromatic carbocycles. The molecule has 0 fully saturated rings. The van der Waals surface area contributed by atoms with Crippen LogP contribution in [0.3, 0.4) is 0 Å². The highest BCUT2D eigenvalue weighted by Crippen LogP contribution is 2.31. The van der Waals surface area contributed by atoms with E-state index in [9.17, 15) is 4.39 Å². The molecule has 1 aromatic heterocycles. The van der Waals surface area contributed by atoms with Gasteiger partial charge in [0.25, 0.3) is 0 Å². The molecule has 3 aromatic rings. The summed E-state index contributed by atoms with van der Waals surface area (Å²) in [7, 11) is 0. The van der Waals surface area contributed by atoms with Gasteiger partial charge < -0.3 is 5.73 Å². The van der Waals surface area contributed by atoms with Crippen LogP contribution in [-0.4, -0.2) is 9.97 Å². The summed E-state index contributed by atoms with van der Waals surface area (Å²) in [5, 5.41) is 0.504. The standard InChI is InChI=1S/C17H15ClFN3/c1-17(2,20)16-14(10-5-3-6-11(19)9-10)22-15-12(18)7-4-8-13(15)21-16/h3-9H,20H2,1-2H3. The van der Waals surface area contributed by atoms with Crippen LogP contribution >= 0.6 is 11.6 Å². The second kappa shape index (κ2) is 5.30. The van der Waals surface area contributed by atoms with Gasteiger partial charge in [-0.05, 0) is 38.1 Å². The Kier molecular flexibility index (Phi) is 3.59. The van der Waals surface area contributed by atoms with Crippen molar-refractivity contribution < 1.29 is 4.39 Å². The second-order valence-corrected chi connectivity index (χ2v) is 6.17. The van der Waals surface area contributed by atoms with Crippen LogP contribution in [0.1, 0.15) is 19.5 Å². The van der Waals surface area contributed by atoms with Gasteiger partial charge >= 0.3 is 0 Å². The molecule has 0 unspecified atom stereocenters. The predicted molar refractivity (Wildman–Crippen MR) is 87.2 cm³/mol. The fraction of sp³-hybridized carbons (Fsp3) is 0.176. The van der Waals surface area contributed by atoms with Gasteiger partial charge in [0, 0.05) is 5.56 Å². The van der Waals surface area contributed by atoms with E-state index in [-0.39, 0.29) is 5.82 Å². The number of benzene rings is 2. The Morgan fingerprint density at radius 1 is 1.09 bits per heavy atom. The maximum absolute atomic E-state index is 13.6. The molecular weight excluding hydrogens is 301 g/mol. The van der Waals surface area contributed by atoms with E-state index < -0.39 is 5.54 Å². The highest BCUT2D eigenvalue weighted by molar-refractivity contribution is 6.34. The fourth-order valence-corrected chi connectivity index (χ4v) is 2.54. The van der Waals surface area contributed by atoms with Crippen molar-refractivity contribution in [2.24, 2.45) is 5.73 Å². The Morgan fingerprint density at radius 3 is 2.50 bits per heavy atom. The number of fused-ring (bicyclic) bond motifs is 1. The van der Waals surface area contributed by atoms with E-state index >= 15 is 0 Å². The number of rotatable bonds is 2. The number of hydrogen-bond acceptors (Lipinski definition) is 3. The van der Waals surface area contributed by atoms with E-state index in [2.05, 4.69) is 9.97 Å². The van der Waals surface area contributed by atoms with Crippen LogP contribution in [0.2, 0.25) is 5.02 Å². The van der Waals surface area contributed by atoms with Gasteiger partial charge in [-0.3, -0.25) is 0 Å². The van der Waals surface area contributed by atoms with E-state index in [0.29, 0.717) is 33.0 Å². The SMILES string of the molecule is CC(C)(N)c1nc2cccc(Cl)c2nc1-c1cccc(F)c1. The summed E-state index contributed by atoms with van der Waals surface area (Å²) in [4.78, 5) is 9.23. The Bertz CT molecular complexity index is 856. The van der Waals surface area contributed by atoms with Crippen molar-refractivity contribution in [3.05, 3.63) is 59.0 Å². The zero-order chi connectivity index (χ0) is 15.9. The van der Waals surface area contributed by atoms with Gasteiger partial charge in [-0.1, -0.05) is 29.8 Å². The normalized spacial score (nSPS) is 11.9. The van der Waals surface area contributed by atoms with Gasteiger partial charge in [0.2, 0.25) is 0 Å². The molecule has 0 amide bonds. The number of halogens is 2. The lowest BCUT2D eigenvalue weighted by atomic mass is 9.96. The molecule has 1 heterocycles. The highest BCUT2D eigenvalue weighted by Gasteiger charge is 2.24. The molecule has 0 atom stereocenters. The summed E-state index contributed by atoms with van der Waals surface area (Å²) in [6.07, 6.45) is 0. The Hall–Kier alpha value is -2.04. The first-order valence-electron chi connectivity index (χ1n) is 6.88. The van der Waals surface area contributed by atoms with Crippen LogP contribution in [0.4, 0.5) is 4.39 Å². The third-order valence-electron chi connectivity index (χ3n) is 3.35. The molecule has 2 N–H and O–H groups in total. The summed E-state index contributed by atoms with van der Waals surface area (Å²) in [6, 6.07) is 11.6. The first kappa shape index (κ1) is 14.9. The summed E-state index contributed by atoms with van der Waals surface area (Å²) in [6.45, 7) is 3.69. The zero-order valence-electron chi connectivity index (χ0n) is 12.3. The van der Waals surface area contributed by atoms with Gasteiger partial charge in [-0.2, -0.15) is 0 Å². The molecule has 0 bridgehead atoms. The Labute approximate surface area is 133 Å². The molecule has 0 saturated heterocycles. The number of aromatic nitrogens is 2. The number of hydrogen-bond donors (Lipinski definition) is 1. The van der Waals surface area contributed by atoms with Crippen molar-refractivity contribution in [2.45, 2.75) is 19.4 Å². The number of nitrogens with two attached hydrogens (primary N) is 1. The van der Waals surface area contributed by atoms with E-state index in [1.54, 1.807) is 18.2 Å². The van der Waals surface area contributed by atoms with Crippen molar-refractivity contribution >= 4 is 22.6 Å². The van der Waals surface area contributed by atoms with Crippen LogP contribution < -0.4 is 5.73 Å². The lowest BCUT2D eigenvalue weighted by molar-refractivity contribution is 0.537. The molecule has 112 valence electrons. The topological polar surface area (TPSA) is 51.8 Å². The lowest BCUT2D eigenvalue weighted by Gasteiger charge is -2.22. The highest BCUT2D eigenvalue weighted by atomic mass is 35.5. The third-order valence-corrected chi connectivity index (χ3v) is 3.66. The van der Waals surface area contributed by atoms with E-state index in [4.69, 9.17) is 17.3 Å². The molecule has 0 aliphatic carbocycles. The monoisotopic (exact) mass is 315 g/mol. The van der Waals surface area contributed by atoms with Crippen molar-refractivity contribution in [3.63, 3.8) is 0 Å². The number of para-hydroxylation sites is 1. The molecule has 22 heavy (non-hydrogen) atoms. The molecule has 0 aliphatic heterocycles. The third kappa shape index (κ3) is 2.67. The summed E-state index contributed by atoms with van der Waals surface area (Å²) in [5.74, 6) is -0.334. The van der Waals surface area contributed by atoms with Crippen molar-refractivity contribution in [2.75, 3.05) is 0 Å². The first-order valence-corrected chi connectivity index (χ1v) is 7.25. The Morgan fingerprint density at radius 2 is 1.82 bits per heavy atom. The van der Waals surface area contributed by atoms with Crippen molar-refractivity contribution in [3.8, 4) is 11.3 Å². The molecular formula is C17H15ClFN3. The quantitative estimate of drug-likeness (QED) is 0.767. The zero-order valence-corrected chi connectivity index (χ0v) is 13.0. The predicted octanol–water partition coefficient (Wildman–Crippen LogP) is 4.28. The van der Waals surface area contributed by atoms with Crippen LogP contribution in [0.5, 0.6) is 0 Å². The Balaban J connectivity index is 2.38. The van der Waals surface area contributed by atoms with Gasteiger partial charge in [0.1, 0.15) is 11.3 Å². The number of nitrogens with zero attached hydrogens (tertiary/aromatic N) is 2. The van der Waals surface area contributed by atoms with Gasteiger partial charge in [-0.15, -0.1) is 0 Å². The molecule has 3 nitrogen and oxygen atoms in total. The van der Waals surface area contributed by atoms with Crippen molar-refractivity contribution in [1.29, 1.82) is 0 Å². The van der Waals surface area contributed by atoms with Crippen molar-refractivity contribution in [1.82, 2.24) is 9.97 Å². The van der Waals surface area contributed by atoms with Gasteiger partial charge in [-0.25, -0.2) is 14.4 Å². The molecule has 0 saturated carbocycles. The van der Waals surface area contributed by atoms with Crippen LogP contribution in [0.25, 0.3) is 22.3 Å². The van der Waals surface area contributed by atoms with Gasteiger partial charge in [0.05, 0.1) is 27.5 Å². The smallest absolute Gasteiger partial charge is 0.123 e. The second-order valence-electron chi connectivity index (χ2n) is 5.76. The van der Waals surface area contributed by atoms with Gasteiger partial charge in [0.15, 0.2) is 0 Å².